The van der Waals surface area contributed by atoms with E-state index in [1.807, 2.05) is 42.6 Å². The van der Waals surface area contributed by atoms with Crippen molar-refractivity contribution in [3.63, 3.8) is 0 Å². The van der Waals surface area contributed by atoms with Crippen LogP contribution in [0.25, 0.3) is 0 Å². The van der Waals surface area contributed by atoms with Crippen molar-refractivity contribution < 1.29 is 4.79 Å². The fourth-order valence-electron chi connectivity index (χ4n) is 1.70. The normalized spacial score (nSPS) is 10.7. The van der Waals surface area contributed by atoms with E-state index in [-0.39, 0.29) is 5.91 Å². The maximum absolute atomic E-state index is 12.2. The van der Waals surface area contributed by atoms with Crippen LogP contribution in [-0.2, 0) is 0 Å². The van der Waals surface area contributed by atoms with Crippen molar-refractivity contribution >= 4 is 28.1 Å². The van der Waals surface area contributed by atoms with Crippen LogP contribution < -0.4 is 10.2 Å². The molecular formula is C15H19N3OS. The van der Waals surface area contributed by atoms with Crippen molar-refractivity contribution in [2.45, 2.75) is 19.8 Å². The summed E-state index contributed by atoms with van der Waals surface area (Å²) in [5, 5.41) is 5.48. The second kappa shape index (κ2) is 6.05. The summed E-state index contributed by atoms with van der Waals surface area (Å²) in [6.45, 7) is 4.17. The van der Waals surface area contributed by atoms with E-state index in [9.17, 15) is 4.79 Å². The highest BCUT2D eigenvalue weighted by Gasteiger charge is 2.11. The summed E-state index contributed by atoms with van der Waals surface area (Å²) < 4.78 is 0. The van der Waals surface area contributed by atoms with Crippen LogP contribution >= 0.6 is 11.3 Å². The molecule has 1 aromatic carbocycles. The smallest absolute Gasteiger partial charge is 0.257 e. The minimum absolute atomic E-state index is 0.127. The van der Waals surface area contributed by atoms with Crippen molar-refractivity contribution in [1.29, 1.82) is 0 Å². The van der Waals surface area contributed by atoms with E-state index in [0.29, 0.717) is 16.6 Å². The molecule has 4 nitrogen and oxygen atoms in total. The quantitative estimate of drug-likeness (QED) is 0.935. The third-order valence-corrected chi connectivity index (χ3v) is 3.73. The second-order valence-electron chi connectivity index (χ2n) is 5.13. The first-order valence-electron chi connectivity index (χ1n) is 6.51. The van der Waals surface area contributed by atoms with Crippen molar-refractivity contribution in [3.8, 4) is 0 Å². The summed E-state index contributed by atoms with van der Waals surface area (Å²) in [7, 11) is 3.90. The molecule has 0 aliphatic heterocycles. The minimum Gasteiger partial charge on any atom is -0.378 e. The number of carbonyl (C=O) groups excluding carboxylic acids is 1. The zero-order valence-corrected chi connectivity index (χ0v) is 13.0. The van der Waals surface area contributed by atoms with E-state index in [4.69, 9.17) is 0 Å². The van der Waals surface area contributed by atoms with Crippen LogP contribution in [0.15, 0.2) is 29.6 Å². The van der Waals surface area contributed by atoms with E-state index in [1.54, 1.807) is 6.07 Å². The molecule has 20 heavy (non-hydrogen) atoms. The Bertz CT molecular complexity index is 605. The van der Waals surface area contributed by atoms with E-state index in [1.165, 1.54) is 11.3 Å². The number of rotatable bonds is 4. The molecular weight excluding hydrogens is 270 g/mol. The molecule has 0 unspecified atom stereocenters. The molecule has 2 rings (SSSR count). The van der Waals surface area contributed by atoms with Gasteiger partial charge in [0.25, 0.3) is 5.91 Å². The number of amides is 1. The Hall–Kier alpha value is -1.88. The van der Waals surface area contributed by atoms with Gasteiger partial charge in [-0.2, -0.15) is 0 Å². The monoisotopic (exact) mass is 289 g/mol. The second-order valence-corrected chi connectivity index (χ2v) is 5.99. The summed E-state index contributed by atoms with van der Waals surface area (Å²) in [5.74, 6) is 0.243. The molecule has 0 fully saturated rings. The third-order valence-electron chi connectivity index (χ3n) is 2.96. The molecule has 0 spiro atoms. The fourth-order valence-corrected chi connectivity index (χ4v) is 2.57. The molecule has 1 aromatic heterocycles. The average Bonchev–Trinajstić information content (AvgIpc) is 2.87. The molecule has 5 heteroatoms. The van der Waals surface area contributed by atoms with Gasteiger partial charge in [0.15, 0.2) is 5.13 Å². The first-order valence-corrected chi connectivity index (χ1v) is 7.39. The largest absolute Gasteiger partial charge is 0.378 e. The zero-order chi connectivity index (χ0) is 14.7. The lowest BCUT2D eigenvalue weighted by Crippen LogP contribution is -2.14. The number of nitrogens with one attached hydrogen (secondary N) is 1. The Balaban J connectivity index is 2.13. The Morgan fingerprint density at radius 3 is 2.70 bits per heavy atom. The van der Waals surface area contributed by atoms with Crippen LogP contribution in [0.1, 0.15) is 35.8 Å². The summed E-state index contributed by atoms with van der Waals surface area (Å²) in [5.41, 5.74) is 2.64. The highest BCUT2D eigenvalue weighted by molar-refractivity contribution is 7.14. The van der Waals surface area contributed by atoms with Gasteiger partial charge in [0.05, 0.1) is 5.69 Å². The van der Waals surface area contributed by atoms with Crippen molar-refractivity contribution in [2.75, 3.05) is 24.3 Å². The Labute approximate surface area is 123 Å². The van der Waals surface area contributed by atoms with Gasteiger partial charge in [-0.05, 0) is 24.1 Å². The van der Waals surface area contributed by atoms with Crippen LogP contribution in [0.4, 0.5) is 10.8 Å². The Kier molecular flexibility index (Phi) is 4.39. The van der Waals surface area contributed by atoms with Crippen LogP contribution in [-0.4, -0.2) is 25.0 Å². The first kappa shape index (κ1) is 14.5. The Morgan fingerprint density at radius 1 is 1.35 bits per heavy atom. The highest BCUT2D eigenvalue weighted by atomic mass is 32.1. The van der Waals surface area contributed by atoms with Gasteiger partial charge >= 0.3 is 0 Å². The van der Waals surface area contributed by atoms with Gasteiger partial charge < -0.3 is 4.90 Å². The predicted octanol–water partition coefficient (Wildman–Crippen LogP) is 3.58. The SMILES string of the molecule is CC(C)c1csc(NC(=O)c2cccc(N(C)C)c2)n1. The highest BCUT2D eigenvalue weighted by Crippen LogP contribution is 2.22. The maximum atomic E-state index is 12.2. The van der Waals surface area contributed by atoms with Crippen molar-refractivity contribution in [1.82, 2.24) is 4.98 Å². The average molecular weight is 289 g/mol. The van der Waals surface area contributed by atoms with Gasteiger partial charge in [-0.15, -0.1) is 11.3 Å². The van der Waals surface area contributed by atoms with Crippen LogP contribution in [0.2, 0.25) is 0 Å². The van der Waals surface area contributed by atoms with Gasteiger partial charge in [0.2, 0.25) is 0 Å². The van der Waals surface area contributed by atoms with Gasteiger partial charge in [-0.25, -0.2) is 4.98 Å². The lowest BCUT2D eigenvalue weighted by atomic mass is 10.2. The number of carbonyl (C=O) groups is 1. The first-order chi connectivity index (χ1) is 9.47. The number of hydrogen-bond acceptors (Lipinski definition) is 4. The standard InChI is InChI=1S/C15H19N3OS/c1-10(2)13-9-20-15(16-13)17-14(19)11-6-5-7-12(8-11)18(3)4/h5-10H,1-4H3,(H,16,17,19). The maximum Gasteiger partial charge on any atom is 0.257 e. The third kappa shape index (κ3) is 3.36. The molecule has 0 bridgehead atoms. The number of anilines is 2. The number of aromatic nitrogens is 1. The lowest BCUT2D eigenvalue weighted by Gasteiger charge is -2.13. The molecule has 1 heterocycles. The molecule has 0 saturated heterocycles. The topological polar surface area (TPSA) is 45.2 Å². The van der Waals surface area contributed by atoms with E-state index in [2.05, 4.69) is 24.1 Å². The molecule has 0 aliphatic rings. The minimum atomic E-state index is -0.127. The van der Waals surface area contributed by atoms with Gasteiger partial charge in [0, 0.05) is 30.7 Å². The molecule has 0 radical (unpaired) electrons. The zero-order valence-electron chi connectivity index (χ0n) is 12.2. The Morgan fingerprint density at radius 2 is 2.10 bits per heavy atom. The van der Waals surface area contributed by atoms with Crippen LogP contribution in [0.3, 0.4) is 0 Å². The fraction of sp³-hybridized carbons (Fsp3) is 0.333. The lowest BCUT2D eigenvalue weighted by molar-refractivity contribution is 0.102. The molecule has 106 valence electrons. The van der Waals surface area contributed by atoms with E-state index in [0.717, 1.165) is 11.4 Å². The van der Waals surface area contributed by atoms with Crippen molar-refractivity contribution in [3.05, 3.63) is 40.9 Å². The summed E-state index contributed by atoms with van der Waals surface area (Å²) >= 11 is 1.46. The van der Waals surface area contributed by atoms with E-state index >= 15 is 0 Å². The molecule has 1 amide bonds. The van der Waals surface area contributed by atoms with Crippen molar-refractivity contribution in [2.24, 2.45) is 0 Å². The summed E-state index contributed by atoms with van der Waals surface area (Å²) in [4.78, 5) is 18.6. The number of thiazole rings is 1. The van der Waals surface area contributed by atoms with Crippen LogP contribution in [0.5, 0.6) is 0 Å². The molecule has 2 aromatic rings. The number of nitrogens with zero attached hydrogens (tertiary/aromatic N) is 2. The molecule has 0 atom stereocenters. The van der Waals surface area contributed by atoms with E-state index < -0.39 is 0 Å². The number of benzene rings is 1. The summed E-state index contributed by atoms with van der Waals surface area (Å²) in [6, 6.07) is 7.52. The van der Waals surface area contributed by atoms with Gasteiger partial charge in [0.1, 0.15) is 0 Å². The van der Waals surface area contributed by atoms with Gasteiger partial charge in [-0.1, -0.05) is 19.9 Å². The summed E-state index contributed by atoms with van der Waals surface area (Å²) in [6.07, 6.45) is 0. The molecule has 1 N–H and O–H groups in total. The number of hydrogen-bond donors (Lipinski definition) is 1. The predicted molar refractivity (Wildman–Crippen MR) is 84.9 cm³/mol. The van der Waals surface area contributed by atoms with Gasteiger partial charge in [-0.3, -0.25) is 10.1 Å². The molecule has 0 saturated carbocycles. The van der Waals surface area contributed by atoms with Crippen LogP contribution in [0, 0.1) is 0 Å². The molecule has 0 aliphatic carbocycles.